The molecule has 0 fully saturated rings. The molecule has 1 unspecified atom stereocenters. The van der Waals surface area contributed by atoms with Crippen LogP contribution in [0.5, 0.6) is 0 Å². The Balaban J connectivity index is 2.34. The van der Waals surface area contributed by atoms with E-state index in [1.165, 1.54) is 4.90 Å². The molecule has 1 atom stereocenters. The molecule has 2 aromatic rings. The summed E-state index contributed by atoms with van der Waals surface area (Å²) in [5, 5.41) is 2.32. The maximum Gasteiger partial charge on any atom is 0.416 e. The molecule has 1 amide bonds. The number of carbonyl (C=O) groups is 2. The lowest BCUT2D eigenvalue weighted by Gasteiger charge is -2.18. The van der Waals surface area contributed by atoms with Gasteiger partial charge < -0.3 is 15.0 Å². The lowest BCUT2D eigenvalue weighted by molar-refractivity contribution is -0.143. The van der Waals surface area contributed by atoms with Gasteiger partial charge in [-0.25, -0.2) is 9.78 Å². The number of halogens is 3. The second-order valence-corrected chi connectivity index (χ2v) is 5.90. The van der Waals surface area contributed by atoms with E-state index in [1.54, 1.807) is 14.1 Å². The highest BCUT2D eigenvalue weighted by Gasteiger charge is 2.31. The van der Waals surface area contributed by atoms with Gasteiger partial charge in [-0.05, 0) is 17.7 Å². The van der Waals surface area contributed by atoms with Crippen LogP contribution in [0.1, 0.15) is 27.7 Å². The van der Waals surface area contributed by atoms with E-state index in [9.17, 15) is 27.6 Å². The van der Waals surface area contributed by atoms with Crippen molar-refractivity contribution in [2.45, 2.75) is 12.2 Å². The number of alkyl halides is 3. The lowest BCUT2D eigenvalue weighted by Crippen LogP contribution is -2.36. The van der Waals surface area contributed by atoms with E-state index in [4.69, 9.17) is 0 Å². The third-order valence-corrected chi connectivity index (χ3v) is 3.67. The maximum atomic E-state index is 12.7. The Kier molecular flexibility index (Phi) is 6.06. The van der Waals surface area contributed by atoms with E-state index in [2.05, 4.69) is 20.0 Å². The van der Waals surface area contributed by atoms with Crippen LogP contribution in [-0.2, 0) is 15.7 Å². The molecule has 150 valence electrons. The number of rotatable bonds is 5. The Labute approximate surface area is 157 Å². The van der Waals surface area contributed by atoms with Gasteiger partial charge in [-0.2, -0.15) is 13.2 Å². The summed E-state index contributed by atoms with van der Waals surface area (Å²) in [4.78, 5) is 44.1. The Morgan fingerprint density at radius 3 is 2.32 bits per heavy atom. The highest BCUT2D eigenvalue weighted by Crippen LogP contribution is 2.30. The number of benzene rings is 1. The van der Waals surface area contributed by atoms with Gasteiger partial charge in [-0.15, -0.1) is 0 Å². The molecule has 0 aliphatic heterocycles. The van der Waals surface area contributed by atoms with Crippen molar-refractivity contribution in [1.29, 1.82) is 0 Å². The number of carbonyl (C=O) groups excluding carboxylic acids is 2. The van der Waals surface area contributed by atoms with Crippen molar-refractivity contribution < 1.29 is 27.5 Å². The fourth-order valence-electron chi connectivity index (χ4n) is 2.24. The summed E-state index contributed by atoms with van der Waals surface area (Å²) < 4.78 is 42.7. The minimum absolute atomic E-state index is 0.0749. The summed E-state index contributed by atoms with van der Waals surface area (Å²) in [6.45, 7) is 0. The van der Waals surface area contributed by atoms with Gasteiger partial charge in [-0.3, -0.25) is 14.6 Å². The van der Waals surface area contributed by atoms with Gasteiger partial charge in [0.15, 0.2) is 6.04 Å². The van der Waals surface area contributed by atoms with Crippen molar-refractivity contribution >= 4 is 17.8 Å². The molecule has 0 bridgehead atoms. The lowest BCUT2D eigenvalue weighted by atomic mass is 10.0. The Morgan fingerprint density at radius 1 is 1.21 bits per heavy atom. The van der Waals surface area contributed by atoms with Crippen molar-refractivity contribution in [3.05, 3.63) is 57.5 Å². The summed E-state index contributed by atoms with van der Waals surface area (Å²) in [7, 11) is 4.26. The van der Waals surface area contributed by atoms with Crippen LogP contribution < -0.4 is 15.8 Å². The summed E-state index contributed by atoms with van der Waals surface area (Å²) in [5.41, 5.74) is -1.69. The number of H-pyrrole nitrogens is 1. The summed E-state index contributed by atoms with van der Waals surface area (Å²) >= 11 is 0. The van der Waals surface area contributed by atoms with E-state index >= 15 is 0 Å². The minimum Gasteiger partial charge on any atom is -0.467 e. The largest absolute Gasteiger partial charge is 0.467 e. The average molecular weight is 398 g/mol. The molecule has 0 spiro atoms. The van der Waals surface area contributed by atoms with Crippen LogP contribution in [0.4, 0.5) is 19.1 Å². The number of nitrogens with zero attached hydrogens (tertiary/aromatic N) is 2. The Hall–Kier alpha value is -3.37. The molecule has 0 aliphatic rings. The molecule has 1 heterocycles. The Morgan fingerprint density at radius 2 is 1.82 bits per heavy atom. The number of esters is 1. The fourth-order valence-corrected chi connectivity index (χ4v) is 2.24. The molecule has 2 N–H and O–H groups in total. The van der Waals surface area contributed by atoms with Crippen LogP contribution in [0.15, 0.2) is 35.1 Å². The molecular weight excluding hydrogens is 381 g/mol. The fraction of sp³-hybridized carbons (Fsp3) is 0.294. The van der Waals surface area contributed by atoms with Gasteiger partial charge in [0.1, 0.15) is 5.69 Å². The highest BCUT2D eigenvalue weighted by atomic mass is 19.4. The number of aromatic amines is 1. The van der Waals surface area contributed by atoms with Crippen LogP contribution in [0.3, 0.4) is 0 Å². The smallest absolute Gasteiger partial charge is 0.416 e. The first-order valence-electron chi connectivity index (χ1n) is 7.87. The van der Waals surface area contributed by atoms with Gasteiger partial charge in [-0.1, -0.05) is 12.1 Å². The van der Waals surface area contributed by atoms with Crippen LogP contribution in [0, 0.1) is 0 Å². The highest BCUT2D eigenvalue weighted by molar-refractivity contribution is 5.95. The number of methoxy groups -OCH3 is 1. The van der Waals surface area contributed by atoms with E-state index in [-0.39, 0.29) is 17.2 Å². The number of hydrogen-bond donors (Lipinski definition) is 2. The average Bonchev–Trinajstić information content (AvgIpc) is 2.64. The van der Waals surface area contributed by atoms with Crippen LogP contribution in [0.2, 0.25) is 0 Å². The molecule has 0 radical (unpaired) electrons. The monoisotopic (exact) mass is 398 g/mol. The molecule has 1 aromatic heterocycles. The van der Waals surface area contributed by atoms with E-state index in [1.807, 2.05) is 0 Å². The summed E-state index contributed by atoms with van der Waals surface area (Å²) in [6, 6.07) is 3.23. The van der Waals surface area contributed by atoms with Crippen molar-refractivity contribution in [3.63, 3.8) is 0 Å². The van der Waals surface area contributed by atoms with Gasteiger partial charge >= 0.3 is 12.1 Å². The first-order chi connectivity index (χ1) is 13.0. The number of anilines is 1. The van der Waals surface area contributed by atoms with Crippen LogP contribution >= 0.6 is 0 Å². The van der Waals surface area contributed by atoms with E-state index in [0.29, 0.717) is 0 Å². The molecule has 0 aliphatic carbocycles. The number of amides is 1. The number of ether oxygens (including phenoxy) is 1. The topological polar surface area (TPSA) is 104 Å². The molecule has 28 heavy (non-hydrogen) atoms. The van der Waals surface area contributed by atoms with Crippen molar-refractivity contribution in [2.75, 3.05) is 26.1 Å². The first kappa shape index (κ1) is 20.9. The van der Waals surface area contributed by atoms with E-state index < -0.39 is 35.2 Å². The molecule has 0 saturated carbocycles. The number of aromatic nitrogens is 2. The number of hydrogen-bond acceptors (Lipinski definition) is 6. The normalized spacial score (nSPS) is 12.2. The quantitative estimate of drug-likeness (QED) is 0.740. The van der Waals surface area contributed by atoms with Crippen LogP contribution in [0.25, 0.3) is 0 Å². The molecule has 0 saturated heterocycles. The third-order valence-electron chi connectivity index (χ3n) is 3.67. The number of nitrogens with one attached hydrogen (secondary N) is 2. The molecule has 1 aromatic carbocycles. The second kappa shape index (κ2) is 8.11. The van der Waals surface area contributed by atoms with Gasteiger partial charge in [0, 0.05) is 20.2 Å². The molecule has 2 rings (SSSR count). The summed E-state index contributed by atoms with van der Waals surface area (Å²) in [5.74, 6) is -1.66. The van der Waals surface area contributed by atoms with Gasteiger partial charge in [0.25, 0.3) is 11.5 Å². The van der Waals surface area contributed by atoms with Crippen molar-refractivity contribution in [1.82, 2.24) is 15.3 Å². The zero-order valence-electron chi connectivity index (χ0n) is 15.1. The second-order valence-electron chi connectivity index (χ2n) is 5.90. The van der Waals surface area contributed by atoms with Crippen molar-refractivity contribution in [3.8, 4) is 0 Å². The molecule has 8 nitrogen and oxygen atoms in total. The molecular formula is C17H17F3N4O4. The Bertz CT molecular complexity index is 923. The maximum absolute atomic E-state index is 12.7. The van der Waals surface area contributed by atoms with Gasteiger partial charge in [0.05, 0.1) is 12.7 Å². The first-order valence-corrected chi connectivity index (χ1v) is 7.87. The zero-order chi connectivity index (χ0) is 21.1. The predicted octanol–water partition coefficient (Wildman–Crippen LogP) is 1.50. The molecule has 11 heteroatoms. The predicted molar refractivity (Wildman–Crippen MR) is 92.9 cm³/mol. The minimum atomic E-state index is -4.54. The standard InChI is InChI=1S/C17H17F3N4O4/c1-24(2)16-21-11(8-12(25)22-16)14(26)23-13(15(27)28-3)9-4-6-10(7-5-9)17(18,19)20/h4-8,13H,1-3H3,(H,23,26)(H,21,22,25). The van der Waals surface area contributed by atoms with Crippen LogP contribution in [-0.4, -0.2) is 43.0 Å². The van der Waals surface area contributed by atoms with E-state index in [0.717, 1.165) is 37.4 Å². The SMILES string of the molecule is COC(=O)C(NC(=O)c1cc(=O)[nH]c(N(C)C)n1)c1ccc(C(F)(F)F)cc1. The van der Waals surface area contributed by atoms with Gasteiger partial charge in [0.2, 0.25) is 5.95 Å². The zero-order valence-corrected chi connectivity index (χ0v) is 15.1. The third kappa shape index (κ3) is 4.87. The summed E-state index contributed by atoms with van der Waals surface area (Å²) in [6.07, 6.45) is -4.54. The van der Waals surface area contributed by atoms with Crippen molar-refractivity contribution in [2.24, 2.45) is 0 Å².